The maximum Gasteiger partial charge on any atom is 0.220 e. The van der Waals surface area contributed by atoms with Gasteiger partial charge in [-0.15, -0.1) is 0 Å². The summed E-state index contributed by atoms with van der Waals surface area (Å²) in [6.45, 7) is 6.60. The van der Waals surface area contributed by atoms with Gasteiger partial charge in [-0.3, -0.25) is 0 Å². The van der Waals surface area contributed by atoms with Crippen molar-refractivity contribution < 1.29 is 4.42 Å². The van der Waals surface area contributed by atoms with E-state index in [-0.39, 0.29) is 5.41 Å². The van der Waals surface area contributed by atoms with Gasteiger partial charge in [-0.2, -0.15) is 0 Å². The molecule has 0 bridgehead atoms. The van der Waals surface area contributed by atoms with Crippen molar-refractivity contribution in [2.45, 2.75) is 26.2 Å². The number of oxazole rings is 1. The van der Waals surface area contributed by atoms with Crippen molar-refractivity contribution >= 4 is 28.9 Å². The second-order valence-corrected chi connectivity index (χ2v) is 7.30. The Morgan fingerprint density at radius 1 is 0.958 bits per heavy atom. The first-order chi connectivity index (χ1) is 11.3. The van der Waals surface area contributed by atoms with Crippen LogP contribution in [-0.2, 0) is 5.41 Å². The van der Waals surface area contributed by atoms with Gasteiger partial charge in [0.2, 0.25) is 5.89 Å². The Bertz CT molecular complexity index is 865. The van der Waals surface area contributed by atoms with Crippen LogP contribution >= 0.6 is 0 Å². The molecule has 0 aliphatic heterocycles. The molecule has 0 radical (unpaired) electrons. The molecule has 0 fully saturated rings. The van der Waals surface area contributed by atoms with E-state index in [1.807, 2.05) is 32.3 Å². The number of nitrogens with zero attached hydrogens (tertiary/aromatic N) is 2. The number of rotatable bonds is 3. The van der Waals surface area contributed by atoms with E-state index >= 15 is 0 Å². The van der Waals surface area contributed by atoms with Crippen LogP contribution in [0.1, 0.15) is 37.8 Å². The summed E-state index contributed by atoms with van der Waals surface area (Å²) in [5, 5.41) is 0. The van der Waals surface area contributed by atoms with Crippen LogP contribution in [-0.4, -0.2) is 19.1 Å². The lowest BCUT2D eigenvalue weighted by Crippen LogP contribution is -2.10. The Labute approximate surface area is 143 Å². The van der Waals surface area contributed by atoms with E-state index in [4.69, 9.17) is 4.42 Å². The number of fused-ring (bicyclic) bond motifs is 1. The highest BCUT2D eigenvalue weighted by Crippen LogP contribution is 2.26. The lowest BCUT2D eigenvalue weighted by molar-refractivity contribution is 0.585. The zero-order chi connectivity index (χ0) is 17.3. The average molecular weight is 320 g/mol. The summed E-state index contributed by atoms with van der Waals surface area (Å²) in [7, 11) is 4.07. The Hall–Kier alpha value is -2.55. The molecule has 0 saturated heterocycles. The molecule has 1 heterocycles. The van der Waals surface area contributed by atoms with Crippen molar-refractivity contribution in [3.63, 3.8) is 0 Å². The summed E-state index contributed by atoms with van der Waals surface area (Å²) >= 11 is 0. The van der Waals surface area contributed by atoms with Crippen molar-refractivity contribution in [1.29, 1.82) is 0 Å². The third-order valence-electron chi connectivity index (χ3n) is 4.10. The van der Waals surface area contributed by atoms with Gasteiger partial charge < -0.3 is 9.32 Å². The quantitative estimate of drug-likeness (QED) is 0.650. The Morgan fingerprint density at radius 3 is 2.29 bits per heavy atom. The van der Waals surface area contributed by atoms with Crippen molar-refractivity contribution in [3.05, 3.63) is 59.5 Å². The van der Waals surface area contributed by atoms with Crippen LogP contribution in [0, 0.1) is 0 Å². The van der Waals surface area contributed by atoms with Gasteiger partial charge in [-0.1, -0.05) is 39.0 Å². The van der Waals surface area contributed by atoms with Gasteiger partial charge in [0.05, 0.1) is 0 Å². The predicted molar refractivity (Wildman–Crippen MR) is 102 cm³/mol. The van der Waals surface area contributed by atoms with Crippen LogP contribution in [0.2, 0.25) is 0 Å². The number of anilines is 1. The smallest absolute Gasteiger partial charge is 0.220 e. The maximum atomic E-state index is 5.81. The molecule has 0 saturated carbocycles. The summed E-state index contributed by atoms with van der Waals surface area (Å²) in [6, 6.07) is 14.6. The number of hydrogen-bond donors (Lipinski definition) is 0. The van der Waals surface area contributed by atoms with Gasteiger partial charge in [-0.25, -0.2) is 4.98 Å². The minimum absolute atomic E-state index is 0.108. The fourth-order valence-corrected chi connectivity index (χ4v) is 2.53. The summed E-state index contributed by atoms with van der Waals surface area (Å²) in [6.07, 6.45) is 3.94. The molecular weight excluding hydrogens is 296 g/mol. The normalized spacial score (nSPS) is 12.2. The number of aromatic nitrogens is 1. The zero-order valence-corrected chi connectivity index (χ0v) is 15.0. The van der Waals surface area contributed by atoms with Gasteiger partial charge >= 0.3 is 0 Å². The van der Waals surface area contributed by atoms with Crippen LogP contribution in [0.3, 0.4) is 0 Å². The Kier molecular flexibility index (Phi) is 4.18. The van der Waals surface area contributed by atoms with Crippen LogP contribution in [0.4, 0.5) is 5.69 Å². The highest BCUT2D eigenvalue weighted by molar-refractivity contribution is 5.77. The summed E-state index contributed by atoms with van der Waals surface area (Å²) in [5.74, 6) is 0.632. The summed E-state index contributed by atoms with van der Waals surface area (Å²) < 4.78 is 5.81. The lowest BCUT2D eigenvalue weighted by atomic mass is 9.87. The fraction of sp³-hybridized carbons (Fsp3) is 0.286. The molecule has 0 atom stereocenters. The molecule has 3 rings (SSSR count). The predicted octanol–water partition coefficient (Wildman–Crippen LogP) is 5.36. The van der Waals surface area contributed by atoms with Crippen molar-refractivity contribution in [2.24, 2.45) is 0 Å². The molecule has 0 unspecified atom stereocenters. The van der Waals surface area contributed by atoms with Crippen molar-refractivity contribution in [2.75, 3.05) is 19.0 Å². The highest BCUT2D eigenvalue weighted by atomic mass is 16.3. The van der Waals surface area contributed by atoms with E-state index in [0.29, 0.717) is 5.89 Å². The molecule has 0 N–H and O–H groups in total. The van der Waals surface area contributed by atoms with Gasteiger partial charge in [0.15, 0.2) is 5.58 Å². The first-order valence-electron chi connectivity index (χ1n) is 8.19. The van der Waals surface area contributed by atoms with Gasteiger partial charge in [0, 0.05) is 25.9 Å². The molecule has 2 aromatic carbocycles. The second kappa shape index (κ2) is 6.16. The summed E-state index contributed by atoms with van der Waals surface area (Å²) in [5.41, 5.74) is 5.41. The molecule has 124 valence electrons. The van der Waals surface area contributed by atoms with E-state index in [9.17, 15) is 0 Å². The summed E-state index contributed by atoms with van der Waals surface area (Å²) in [4.78, 5) is 6.67. The molecule has 1 aromatic heterocycles. The minimum Gasteiger partial charge on any atom is -0.437 e. The molecule has 0 aliphatic carbocycles. The van der Waals surface area contributed by atoms with Gasteiger partial charge in [0.25, 0.3) is 0 Å². The van der Waals surface area contributed by atoms with Crippen LogP contribution in [0.5, 0.6) is 0 Å². The molecular formula is C21H24N2O. The highest BCUT2D eigenvalue weighted by Gasteiger charge is 2.15. The second-order valence-electron chi connectivity index (χ2n) is 7.30. The Balaban J connectivity index is 1.84. The van der Waals surface area contributed by atoms with Crippen LogP contribution < -0.4 is 4.90 Å². The molecule has 3 nitrogen and oxygen atoms in total. The van der Waals surface area contributed by atoms with Gasteiger partial charge in [-0.05, 0) is 46.9 Å². The van der Waals surface area contributed by atoms with E-state index in [2.05, 4.69) is 67.1 Å². The maximum absolute atomic E-state index is 5.81. The van der Waals surface area contributed by atoms with Gasteiger partial charge in [0.1, 0.15) is 5.52 Å². The minimum atomic E-state index is 0.108. The van der Waals surface area contributed by atoms with Crippen molar-refractivity contribution in [3.8, 4) is 0 Å². The lowest BCUT2D eigenvalue weighted by Gasteiger charge is -2.18. The van der Waals surface area contributed by atoms with Crippen LogP contribution in [0.15, 0.2) is 46.9 Å². The third kappa shape index (κ3) is 3.51. The first kappa shape index (κ1) is 16.3. The molecule has 0 aliphatic rings. The number of hydrogen-bond acceptors (Lipinski definition) is 3. The standard InChI is InChI=1S/C21H24N2O/c1-21(2,3)16-9-12-19-18(14-16)22-20(24-19)13-8-15-6-10-17(11-7-15)23(4)5/h6-14H,1-5H3. The van der Waals surface area contributed by atoms with Crippen molar-refractivity contribution in [1.82, 2.24) is 4.98 Å². The number of benzene rings is 2. The Morgan fingerprint density at radius 2 is 1.67 bits per heavy atom. The topological polar surface area (TPSA) is 29.3 Å². The van der Waals surface area contributed by atoms with E-state index in [0.717, 1.165) is 16.7 Å². The zero-order valence-electron chi connectivity index (χ0n) is 15.0. The monoisotopic (exact) mass is 320 g/mol. The SMILES string of the molecule is CN(C)c1ccc(C=Cc2nc3cc(C(C)(C)C)ccc3o2)cc1. The largest absolute Gasteiger partial charge is 0.437 e. The molecule has 3 heteroatoms. The molecule has 0 amide bonds. The average Bonchev–Trinajstić information content (AvgIpc) is 2.94. The molecule has 24 heavy (non-hydrogen) atoms. The van der Waals surface area contributed by atoms with E-state index in [1.165, 1.54) is 11.3 Å². The fourth-order valence-electron chi connectivity index (χ4n) is 2.53. The molecule has 3 aromatic rings. The first-order valence-corrected chi connectivity index (χ1v) is 8.19. The van der Waals surface area contributed by atoms with Crippen LogP contribution in [0.25, 0.3) is 23.3 Å². The van der Waals surface area contributed by atoms with E-state index < -0.39 is 0 Å². The third-order valence-corrected chi connectivity index (χ3v) is 4.10. The molecule has 0 spiro atoms. The van der Waals surface area contributed by atoms with E-state index in [1.54, 1.807) is 0 Å².